The van der Waals surface area contributed by atoms with Gasteiger partial charge in [-0.2, -0.15) is 0 Å². The summed E-state index contributed by atoms with van der Waals surface area (Å²) in [6.45, 7) is 3.07. The van der Waals surface area contributed by atoms with Crippen LogP contribution in [0.4, 0.5) is 4.39 Å². The largest absolute Gasteiger partial charge is 0.462 e. The molecule has 0 amide bonds. The van der Waals surface area contributed by atoms with Crippen molar-refractivity contribution in [2.45, 2.75) is 18.7 Å². The highest BCUT2D eigenvalue weighted by Crippen LogP contribution is 2.20. The van der Waals surface area contributed by atoms with E-state index in [0.29, 0.717) is 0 Å². The van der Waals surface area contributed by atoms with E-state index in [4.69, 9.17) is 9.88 Å². The van der Waals surface area contributed by atoms with Gasteiger partial charge in [0.15, 0.2) is 0 Å². The normalized spacial score (nSPS) is 11.3. The minimum absolute atomic E-state index is 0.0763. The Morgan fingerprint density at radius 3 is 2.53 bits per heavy atom. The van der Waals surface area contributed by atoms with Crippen LogP contribution in [-0.2, 0) is 14.8 Å². The quantitative estimate of drug-likeness (QED) is 0.821. The summed E-state index contributed by atoms with van der Waals surface area (Å²) in [6, 6.07) is 1.69. The molecule has 0 radical (unpaired) electrons. The molecule has 0 aliphatic rings. The van der Waals surface area contributed by atoms with Gasteiger partial charge in [-0.3, -0.25) is 0 Å². The first-order valence-electron chi connectivity index (χ1n) is 4.77. The molecule has 0 heterocycles. The van der Waals surface area contributed by atoms with E-state index < -0.39 is 26.7 Å². The molecule has 0 saturated carbocycles. The molecule has 0 aliphatic carbocycles. The Morgan fingerprint density at radius 1 is 1.47 bits per heavy atom. The van der Waals surface area contributed by atoms with Crippen LogP contribution in [0.25, 0.3) is 0 Å². The second-order valence-electron chi connectivity index (χ2n) is 3.34. The molecule has 1 rings (SSSR count). The zero-order chi connectivity index (χ0) is 13.2. The number of ether oxygens (including phenoxy) is 1. The lowest BCUT2D eigenvalue weighted by Gasteiger charge is -2.09. The molecule has 0 aromatic heterocycles. The maximum Gasteiger partial charge on any atom is 0.338 e. The molecule has 5 nitrogen and oxygen atoms in total. The Balaban J connectivity index is 3.44. The van der Waals surface area contributed by atoms with E-state index in [-0.39, 0.29) is 17.7 Å². The topological polar surface area (TPSA) is 86.5 Å². The maximum absolute atomic E-state index is 13.2. The van der Waals surface area contributed by atoms with Crippen molar-refractivity contribution in [1.29, 1.82) is 0 Å². The fourth-order valence-electron chi connectivity index (χ4n) is 1.37. The smallest absolute Gasteiger partial charge is 0.338 e. The van der Waals surface area contributed by atoms with Gasteiger partial charge in [-0.15, -0.1) is 0 Å². The Labute approximate surface area is 98.4 Å². The zero-order valence-corrected chi connectivity index (χ0v) is 10.2. The average Bonchev–Trinajstić information content (AvgIpc) is 2.19. The van der Waals surface area contributed by atoms with E-state index in [2.05, 4.69) is 0 Å². The molecule has 1 aromatic rings. The van der Waals surface area contributed by atoms with Gasteiger partial charge in [-0.05, 0) is 31.5 Å². The predicted molar refractivity (Wildman–Crippen MR) is 58.5 cm³/mol. The fourth-order valence-corrected chi connectivity index (χ4v) is 2.18. The van der Waals surface area contributed by atoms with Gasteiger partial charge >= 0.3 is 5.97 Å². The number of carbonyl (C=O) groups excluding carboxylic acids is 1. The van der Waals surface area contributed by atoms with Crippen LogP contribution in [0.15, 0.2) is 17.0 Å². The SMILES string of the molecule is CCOC(=O)c1cc(F)cc(S(N)(=O)=O)c1C. The van der Waals surface area contributed by atoms with Crippen molar-refractivity contribution in [3.05, 3.63) is 29.1 Å². The summed E-state index contributed by atoms with van der Waals surface area (Å²) in [7, 11) is -4.07. The van der Waals surface area contributed by atoms with Gasteiger partial charge in [-0.1, -0.05) is 0 Å². The summed E-state index contributed by atoms with van der Waals surface area (Å²) in [4.78, 5) is 11.1. The highest BCUT2D eigenvalue weighted by Gasteiger charge is 2.20. The summed E-state index contributed by atoms with van der Waals surface area (Å²) in [5.41, 5.74) is -0.0665. The lowest BCUT2D eigenvalue weighted by atomic mass is 10.1. The van der Waals surface area contributed by atoms with E-state index >= 15 is 0 Å². The highest BCUT2D eigenvalue weighted by molar-refractivity contribution is 7.89. The third-order valence-electron chi connectivity index (χ3n) is 2.13. The zero-order valence-electron chi connectivity index (χ0n) is 9.36. The van der Waals surface area contributed by atoms with Crippen LogP contribution in [-0.4, -0.2) is 21.0 Å². The Morgan fingerprint density at radius 2 is 2.06 bits per heavy atom. The molecule has 0 spiro atoms. The van der Waals surface area contributed by atoms with Crippen LogP contribution < -0.4 is 5.14 Å². The number of sulfonamides is 1. The third-order valence-corrected chi connectivity index (χ3v) is 3.16. The number of benzene rings is 1. The van der Waals surface area contributed by atoms with Crippen LogP contribution >= 0.6 is 0 Å². The van der Waals surface area contributed by atoms with Crippen LogP contribution in [0.2, 0.25) is 0 Å². The number of hydrogen-bond acceptors (Lipinski definition) is 4. The number of nitrogens with two attached hydrogens (primary N) is 1. The molecular formula is C10H12FNO4S. The summed E-state index contributed by atoms with van der Waals surface area (Å²) in [5, 5.41) is 4.92. The molecule has 2 N–H and O–H groups in total. The summed E-state index contributed by atoms with van der Waals surface area (Å²) < 4.78 is 40.3. The average molecular weight is 261 g/mol. The van der Waals surface area contributed by atoms with Crippen molar-refractivity contribution in [2.75, 3.05) is 6.61 Å². The van der Waals surface area contributed by atoms with Crippen molar-refractivity contribution in [3.8, 4) is 0 Å². The number of rotatable bonds is 3. The number of hydrogen-bond donors (Lipinski definition) is 1. The van der Waals surface area contributed by atoms with Crippen LogP contribution in [0.5, 0.6) is 0 Å². The predicted octanol–water partition coefficient (Wildman–Crippen LogP) is 0.958. The maximum atomic E-state index is 13.2. The molecule has 0 unspecified atom stereocenters. The van der Waals surface area contributed by atoms with Crippen molar-refractivity contribution >= 4 is 16.0 Å². The molecule has 1 aromatic carbocycles. The second-order valence-corrected chi connectivity index (χ2v) is 4.87. The van der Waals surface area contributed by atoms with E-state index in [1.165, 1.54) is 6.92 Å². The minimum atomic E-state index is -4.07. The Kier molecular flexibility index (Phi) is 3.84. The van der Waals surface area contributed by atoms with Gasteiger partial charge in [0, 0.05) is 0 Å². The van der Waals surface area contributed by atoms with Gasteiger partial charge in [-0.25, -0.2) is 22.7 Å². The molecule has 0 fully saturated rings. The molecule has 0 bridgehead atoms. The number of primary sulfonamides is 1. The second kappa shape index (κ2) is 4.80. The molecule has 7 heteroatoms. The van der Waals surface area contributed by atoms with E-state index in [9.17, 15) is 17.6 Å². The lowest BCUT2D eigenvalue weighted by Crippen LogP contribution is -2.17. The summed E-state index contributed by atoms with van der Waals surface area (Å²) in [5.74, 6) is -1.64. The van der Waals surface area contributed by atoms with Crippen molar-refractivity contribution in [3.63, 3.8) is 0 Å². The minimum Gasteiger partial charge on any atom is -0.462 e. The fraction of sp³-hybridized carbons (Fsp3) is 0.300. The van der Waals surface area contributed by atoms with Gasteiger partial charge in [0.1, 0.15) is 5.82 Å². The van der Waals surface area contributed by atoms with Gasteiger partial charge in [0.05, 0.1) is 17.1 Å². The first-order chi connectivity index (χ1) is 7.77. The molecule has 0 saturated heterocycles. The lowest BCUT2D eigenvalue weighted by molar-refractivity contribution is 0.0524. The molecule has 17 heavy (non-hydrogen) atoms. The first-order valence-corrected chi connectivity index (χ1v) is 6.32. The van der Waals surface area contributed by atoms with Crippen LogP contribution in [0.3, 0.4) is 0 Å². The van der Waals surface area contributed by atoms with Crippen molar-refractivity contribution in [1.82, 2.24) is 0 Å². The van der Waals surface area contributed by atoms with E-state index in [1.807, 2.05) is 0 Å². The number of halogens is 1. The van der Waals surface area contributed by atoms with Gasteiger partial charge in [0.25, 0.3) is 0 Å². The standard InChI is InChI=1S/C10H12FNO4S/c1-3-16-10(13)8-4-7(11)5-9(6(8)2)17(12,14)15/h4-5H,3H2,1-2H3,(H2,12,14,15). The van der Waals surface area contributed by atoms with Crippen LogP contribution in [0, 0.1) is 12.7 Å². The first kappa shape index (κ1) is 13.6. The molecule has 0 aliphatic heterocycles. The number of carbonyl (C=O) groups is 1. The Bertz CT molecular complexity index is 554. The monoisotopic (exact) mass is 261 g/mol. The molecule has 0 atom stereocenters. The third kappa shape index (κ3) is 3.01. The van der Waals surface area contributed by atoms with Gasteiger partial charge in [0.2, 0.25) is 10.0 Å². The summed E-state index contributed by atoms with van der Waals surface area (Å²) >= 11 is 0. The Hall–Kier alpha value is -1.47. The summed E-state index contributed by atoms with van der Waals surface area (Å²) in [6.07, 6.45) is 0. The molecular weight excluding hydrogens is 249 g/mol. The van der Waals surface area contributed by atoms with Crippen molar-refractivity contribution in [2.24, 2.45) is 5.14 Å². The molecule has 94 valence electrons. The van der Waals surface area contributed by atoms with E-state index in [0.717, 1.165) is 12.1 Å². The highest BCUT2D eigenvalue weighted by atomic mass is 32.2. The van der Waals surface area contributed by atoms with Gasteiger partial charge < -0.3 is 4.74 Å². The van der Waals surface area contributed by atoms with Crippen LogP contribution in [0.1, 0.15) is 22.8 Å². The van der Waals surface area contributed by atoms with E-state index in [1.54, 1.807) is 6.92 Å². The number of esters is 1. The van der Waals surface area contributed by atoms with Crippen molar-refractivity contribution < 1.29 is 22.3 Å².